The van der Waals surface area contributed by atoms with Crippen LogP contribution >= 0.6 is 15.9 Å². The van der Waals surface area contributed by atoms with Crippen LogP contribution in [-0.4, -0.2) is 52.6 Å². The van der Waals surface area contributed by atoms with Gasteiger partial charge in [-0.3, -0.25) is 9.59 Å². The zero-order chi connectivity index (χ0) is 14.8. The van der Waals surface area contributed by atoms with Crippen LogP contribution in [0.1, 0.15) is 34.6 Å². The molecule has 0 aromatic rings. The average Bonchev–Trinajstić information content (AvgIpc) is 2.29. The molecule has 0 aromatic carbocycles. The molecular formula is C14H25BrN2O2. The molecule has 110 valence electrons. The summed E-state index contributed by atoms with van der Waals surface area (Å²) in [6.07, 6.45) is 0. The van der Waals surface area contributed by atoms with Gasteiger partial charge in [0.05, 0.1) is 0 Å². The monoisotopic (exact) mass is 332 g/mol. The van der Waals surface area contributed by atoms with Crippen molar-refractivity contribution >= 4 is 27.7 Å². The highest BCUT2D eigenvalue weighted by atomic mass is 79.9. The van der Waals surface area contributed by atoms with Gasteiger partial charge in [0.2, 0.25) is 0 Å². The number of amides is 2. The lowest BCUT2D eigenvalue weighted by atomic mass is 9.81. The van der Waals surface area contributed by atoms with Gasteiger partial charge in [0.15, 0.2) is 0 Å². The van der Waals surface area contributed by atoms with Gasteiger partial charge in [0.25, 0.3) is 0 Å². The molecule has 1 rings (SSSR count). The molecular weight excluding hydrogens is 308 g/mol. The maximum Gasteiger partial charge on any atom is 0.312 e. The standard InChI is InChI=1S/C14H25BrN2O2/c1-10(2)17-7-6-16(12(18)13(17)19)9-11(8-15)14(3,4)5/h10-11H,6-9H2,1-5H3. The summed E-state index contributed by atoms with van der Waals surface area (Å²) in [5.74, 6) is -0.367. The molecule has 1 saturated heterocycles. The van der Waals surface area contributed by atoms with Crippen molar-refractivity contribution in [3.05, 3.63) is 0 Å². The summed E-state index contributed by atoms with van der Waals surface area (Å²) >= 11 is 3.52. The van der Waals surface area contributed by atoms with Crippen LogP contribution in [0.3, 0.4) is 0 Å². The van der Waals surface area contributed by atoms with E-state index < -0.39 is 0 Å². The molecule has 19 heavy (non-hydrogen) atoms. The van der Waals surface area contributed by atoms with Crippen molar-refractivity contribution in [3.8, 4) is 0 Å². The summed E-state index contributed by atoms with van der Waals surface area (Å²) in [6, 6.07) is 0.0909. The van der Waals surface area contributed by atoms with Crippen molar-refractivity contribution < 1.29 is 9.59 Å². The maximum atomic E-state index is 12.1. The lowest BCUT2D eigenvalue weighted by Gasteiger charge is -2.39. The number of piperazine rings is 1. The topological polar surface area (TPSA) is 40.6 Å². The number of alkyl halides is 1. The Hall–Kier alpha value is -0.580. The first kappa shape index (κ1) is 16.5. The van der Waals surface area contributed by atoms with Gasteiger partial charge in [-0.1, -0.05) is 36.7 Å². The summed E-state index contributed by atoms with van der Waals surface area (Å²) in [4.78, 5) is 27.5. The molecule has 2 amide bonds. The lowest BCUT2D eigenvalue weighted by Crippen LogP contribution is -2.57. The molecule has 1 aliphatic rings. The molecule has 0 N–H and O–H groups in total. The zero-order valence-electron chi connectivity index (χ0n) is 12.6. The molecule has 0 bridgehead atoms. The summed E-state index contributed by atoms with van der Waals surface area (Å²) < 4.78 is 0. The first-order chi connectivity index (χ1) is 8.68. The summed E-state index contributed by atoms with van der Waals surface area (Å²) in [6.45, 7) is 12.3. The van der Waals surface area contributed by atoms with Gasteiger partial charge in [0, 0.05) is 31.0 Å². The number of hydrogen-bond donors (Lipinski definition) is 0. The van der Waals surface area contributed by atoms with E-state index in [4.69, 9.17) is 0 Å². The van der Waals surface area contributed by atoms with E-state index >= 15 is 0 Å². The minimum Gasteiger partial charge on any atom is -0.332 e. The third-order valence-electron chi connectivity index (χ3n) is 3.82. The molecule has 4 nitrogen and oxygen atoms in total. The second-order valence-electron chi connectivity index (χ2n) is 6.56. The second-order valence-corrected chi connectivity index (χ2v) is 7.21. The first-order valence-electron chi connectivity index (χ1n) is 6.84. The van der Waals surface area contributed by atoms with Crippen LogP contribution in [0.15, 0.2) is 0 Å². The number of nitrogens with zero attached hydrogens (tertiary/aromatic N) is 2. The molecule has 0 spiro atoms. The second kappa shape index (κ2) is 6.25. The van der Waals surface area contributed by atoms with Crippen LogP contribution in [0.5, 0.6) is 0 Å². The van der Waals surface area contributed by atoms with E-state index in [1.165, 1.54) is 0 Å². The van der Waals surface area contributed by atoms with Crippen LogP contribution in [0.2, 0.25) is 0 Å². The van der Waals surface area contributed by atoms with Crippen LogP contribution in [0, 0.1) is 11.3 Å². The van der Waals surface area contributed by atoms with E-state index in [1.807, 2.05) is 13.8 Å². The fourth-order valence-electron chi connectivity index (χ4n) is 2.18. The Morgan fingerprint density at radius 3 is 2.16 bits per heavy atom. The Morgan fingerprint density at radius 2 is 1.74 bits per heavy atom. The van der Waals surface area contributed by atoms with Crippen LogP contribution < -0.4 is 0 Å². The number of halogens is 1. The SMILES string of the molecule is CC(C)N1CCN(CC(CBr)C(C)(C)C)C(=O)C1=O. The third kappa shape index (κ3) is 3.94. The summed E-state index contributed by atoms with van der Waals surface area (Å²) in [5, 5.41) is 0.836. The van der Waals surface area contributed by atoms with Gasteiger partial charge in [0.1, 0.15) is 0 Å². The average molecular weight is 333 g/mol. The molecule has 0 saturated carbocycles. The van der Waals surface area contributed by atoms with E-state index in [2.05, 4.69) is 36.7 Å². The molecule has 1 fully saturated rings. The van der Waals surface area contributed by atoms with Gasteiger partial charge in [-0.25, -0.2) is 0 Å². The highest BCUT2D eigenvalue weighted by Crippen LogP contribution is 2.28. The van der Waals surface area contributed by atoms with Crippen molar-refractivity contribution in [2.45, 2.75) is 40.7 Å². The van der Waals surface area contributed by atoms with Crippen molar-refractivity contribution in [2.24, 2.45) is 11.3 Å². The highest BCUT2D eigenvalue weighted by molar-refractivity contribution is 9.09. The van der Waals surface area contributed by atoms with Gasteiger partial charge >= 0.3 is 11.8 Å². The van der Waals surface area contributed by atoms with Crippen LogP contribution in [0.4, 0.5) is 0 Å². The molecule has 1 unspecified atom stereocenters. The smallest absolute Gasteiger partial charge is 0.312 e. The van der Waals surface area contributed by atoms with Crippen molar-refractivity contribution in [3.63, 3.8) is 0 Å². The predicted octanol–water partition coefficient (Wildman–Crippen LogP) is 2.12. The summed E-state index contributed by atoms with van der Waals surface area (Å²) in [7, 11) is 0. The van der Waals surface area contributed by atoms with E-state index in [9.17, 15) is 9.59 Å². The number of rotatable bonds is 4. The molecule has 5 heteroatoms. The van der Waals surface area contributed by atoms with Gasteiger partial charge in [-0.15, -0.1) is 0 Å². The summed E-state index contributed by atoms with van der Waals surface area (Å²) in [5.41, 5.74) is 0.113. The van der Waals surface area contributed by atoms with E-state index in [-0.39, 0.29) is 23.3 Å². The lowest BCUT2D eigenvalue weighted by molar-refractivity contribution is -0.158. The molecule has 0 aliphatic carbocycles. The van der Waals surface area contributed by atoms with Gasteiger partial charge in [-0.05, 0) is 25.2 Å². The van der Waals surface area contributed by atoms with Crippen molar-refractivity contribution in [1.82, 2.24) is 9.80 Å². The Bertz CT molecular complexity index is 350. The van der Waals surface area contributed by atoms with Crippen molar-refractivity contribution in [2.75, 3.05) is 25.0 Å². The Balaban J connectivity index is 2.72. The number of carbonyl (C=O) groups excluding carboxylic acids is 2. The Morgan fingerprint density at radius 1 is 1.16 bits per heavy atom. The Labute approximate surface area is 124 Å². The number of carbonyl (C=O) groups is 2. The van der Waals surface area contributed by atoms with Gasteiger partial charge < -0.3 is 9.80 Å². The number of hydrogen-bond acceptors (Lipinski definition) is 2. The quantitative estimate of drug-likeness (QED) is 0.584. The van der Waals surface area contributed by atoms with Crippen LogP contribution in [-0.2, 0) is 9.59 Å². The molecule has 1 atom stereocenters. The Kier molecular flexibility index (Phi) is 5.42. The van der Waals surface area contributed by atoms with E-state index in [0.717, 1.165) is 5.33 Å². The molecule has 0 aromatic heterocycles. The predicted molar refractivity (Wildman–Crippen MR) is 80.2 cm³/mol. The normalized spacial score (nSPS) is 19.3. The first-order valence-corrected chi connectivity index (χ1v) is 7.96. The maximum absolute atomic E-state index is 12.1. The molecule has 0 radical (unpaired) electrons. The van der Waals surface area contributed by atoms with Crippen molar-refractivity contribution in [1.29, 1.82) is 0 Å². The largest absolute Gasteiger partial charge is 0.332 e. The molecule has 1 heterocycles. The van der Waals surface area contributed by atoms with E-state index in [0.29, 0.717) is 25.6 Å². The van der Waals surface area contributed by atoms with Gasteiger partial charge in [-0.2, -0.15) is 0 Å². The minimum absolute atomic E-state index is 0.0909. The third-order valence-corrected chi connectivity index (χ3v) is 4.60. The molecule has 1 aliphatic heterocycles. The van der Waals surface area contributed by atoms with E-state index in [1.54, 1.807) is 9.80 Å². The fourth-order valence-corrected chi connectivity index (χ4v) is 3.35. The van der Waals surface area contributed by atoms with Crippen LogP contribution in [0.25, 0.3) is 0 Å². The zero-order valence-corrected chi connectivity index (χ0v) is 14.2. The highest BCUT2D eigenvalue weighted by Gasteiger charge is 2.36. The minimum atomic E-state index is -0.358. The fraction of sp³-hybridized carbons (Fsp3) is 0.857.